The molecule has 1 fully saturated rings. The third kappa shape index (κ3) is 5.27. The van der Waals surface area contributed by atoms with Crippen LogP contribution in [0.5, 0.6) is 11.5 Å². The second kappa shape index (κ2) is 9.89. The van der Waals surface area contributed by atoms with Crippen LogP contribution in [0, 0.1) is 6.92 Å². The van der Waals surface area contributed by atoms with Crippen LogP contribution in [-0.2, 0) is 16.0 Å². The number of aryl methyl sites for hydroxylation is 1. The molecular formula is C24H28N2O4. The van der Waals surface area contributed by atoms with E-state index >= 15 is 0 Å². The average molecular weight is 408 g/mol. The van der Waals surface area contributed by atoms with Crippen LogP contribution in [0.25, 0.3) is 11.5 Å². The van der Waals surface area contributed by atoms with E-state index in [1.165, 1.54) is 0 Å². The van der Waals surface area contributed by atoms with Crippen LogP contribution in [0.2, 0.25) is 0 Å². The lowest BCUT2D eigenvalue weighted by Crippen LogP contribution is -2.42. The number of nitrogens with zero attached hydrogens (tertiary/aromatic N) is 2. The van der Waals surface area contributed by atoms with Crippen LogP contribution < -0.4 is 4.74 Å². The molecule has 2 heterocycles. The van der Waals surface area contributed by atoms with E-state index in [2.05, 4.69) is 4.90 Å². The Morgan fingerprint density at radius 2 is 1.93 bits per heavy atom. The number of aromatic nitrogens is 1. The molecule has 1 unspecified atom stereocenters. The Balaban J connectivity index is 1.44. The fraction of sp³-hybridized carbons (Fsp3) is 0.375. The molecule has 0 radical (unpaired) electrons. The van der Waals surface area contributed by atoms with Gasteiger partial charge in [-0.2, -0.15) is 0 Å². The first-order valence-corrected chi connectivity index (χ1v) is 10.3. The largest absolute Gasteiger partial charge is 0.457 e. The average Bonchev–Trinajstić information content (AvgIpc) is 3.14. The van der Waals surface area contributed by atoms with Crippen molar-refractivity contribution in [2.45, 2.75) is 26.0 Å². The number of methoxy groups -OCH3 is 1. The molecule has 6 heteroatoms. The lowest BCUT2D eigenvalue weighted by Gasteiger charge is -2.32. The molecule has 0 bridgehead atoms. The quantitative estimate of drug-likeness (QED) is 0.539. The van der Waals surface area contributed by atoms with Gasteiger partial charge in [0.2, 0.25) is 5.89 Å². The summed E-state index contributed by atoms with van der Waals surface area (Å²) < 4.78 is 23.0. The third-order valence-electron chi connectivity index (χ3n) is 5.19. The molecule has 158 valence electrons. The molecule has 0 spiro atoms. The monoisotopic (exact) mass is 408 g/mol. The van der Waals surface area contributed by atoms with Crippen molar-refractivity contribution in [3.8, 4) is 23.0 Å². The summed E-state index contributed by atoms with van der Waals surface area (Å²) in [5.74, 6) is 3.02. The Morgan fingerprint density at radius 3 is 2.77 bits per heavy atom. The second-order valence-electron chi connectivity index (χ2n) is 7.47. The molecule has 3 aromatic rings. The van der Waals surface area contributed by atoms with Gasteiger partial charge < -0.3 is 18.6 Å². The van der Waals surface area contributed by atoms with Crippen molar-refractivity contribution < 1.29 is 18.6 Å². The number of para-hydroxylation sites is 1. The summed E-state index contributed by atoms with van der Waals surface area (Å²) in [5, 5.41) is 0. The van der Waals surface area contributed by atoms with Gasteiger partial charge in [-0.25, -0.2) is 4.98 Å². The van der Waals surface area contributed by atoms with Gasteiger partial charge in [0.05, 0.1) is 18.4 Å². The van der Waals surface area contributed by atoms with Crippen molar-refractivity contribution in [2.24, 2.45) is 0 Å². The number of ether oxygens (including phenoxy) is 3. The minimum absolute atomic E-state index is 0.206. The van der Waals surface area contributed by atoms with E-state index in [1.54, 1.807) is 7.11 Å². The second-order valence-corrected chi connectivity index (χ2v) is 7.47. The normalized spacial score (nSPS) is 17.2. The molecule has 4 rings (SSSR count). The highest BCUT2D eigenvalue weighted by Gasteiger charge is 2.22. The van der Waals surface area contributed by atoms with E-state index < -0.39 is 0 Å². The number of hydrogen-bond acceptors (Lipinski definition) is 6. The van der Waals surface area contributed by atoms with Crippen molar-refractivity contribution in [1.29, 1.82) is 0 Å². The van der Waals surface area contributed by atoms with Crippen molar-refractivity contribution in [3.05, 3.63) is 66.1 Å². The molecule has 1 aliphatic rings. The van der Waals surface area contributed by atoms with Gasteiger partial charge >= 0.3 is 0 Å². The van der Waals surface area contributed by atoms with Gasteiger partial charge in [-0.1, -0.05) is 24.3 Å². The fourth-order valence-electron chi connectivity index (χ4n) is 3.58. The van der Waals surface area contributed by atoms with Gasteiger partial charge in [0.15, 0.2) is 0 Å². The van der Waals surface area contributed by atoms with E-state index in [1.807, 2.05) is 61.5 Å². The number of benzene rings is 2. The molecule has 0 saturated carbocycles. The Kier molecular flexibility index (Phi) is 6.79. The van der Waals surface area contributed by atoms with Gasteiger partial charge in [0, 0.05) is 38.9 Å². The maximum absolute atomic E-state index is 5.99. The summed E-state index contributed by atoms with van der Waals surface area (Å²) in [4.78, 5) is 7.15. The van der Waals surface area contributed by atoms with E-state index in [0.29, 0.717) is 12.5 Å². The van der Waals surface area contributed by atoms with Crippen LogP contribution in [-0.4, -0.2) is 49.4 Å². The molecule has 1 aliphatic heterocycles. The first-order valence-electron chi connectivity index (χ1n) is 10.3. The molecule has 0 amide bonds. The van der Waals surface area contributed by atoms with Gasteiger partial charge in [-0.15, -0.1) is 0 Å². The summed E-state index contributed by atoms with van der Waals surface area (Å²) in [7, 11) is 1.72. The zero-order valence-corrected chi connectivity index (χ0v) is 17.5. The Labute approximate surface area is 177 Å². The summed E-state index contributed by atoms with van der Waals surface area (Å²) >= 11 is 0. The van der Waals surface area contributed by atoms with Crippen LogP contribution in [0.15, 0.2) is 59.0 Å². The molecule has 1 atom stereocenters. The summed E-state index contributed by atoms with van der Waals surface area (Å²) in [6.07, 6.45) is 1.11. The van der Waals surface area contributed by atoms with Gasteiger partial charge in [-0.3, -0.25) is 4.90 Å². The third-order valence-corrected chi connectivity index (χ3v) is 5.19. The molecule has 0 aliphatic carbocycles. The number of hydrogen-bond donors (Lipinski definition) is 0. The van der Waals surface area contributed by atoms with Gasteiger partial charge in [0.1, 0.15) is 17.3 Å². The van der Waals surface area contributed by atoms with E-state index in [9.17, 15) is 0 Å². The van der Waals surface area contributed by atoms with E-state index in [-0.39, 0.29) is 6.10 Å². The highest BCUT2D eigenvalue weighted by atomic mass is 16.5. The summed E-state index contributed by atoms with van der Waals surface area (Å²) in [5.41, 5.74) is 1.87. The molecule has 0 N–H and O–H groups in total. The van der Waals surface area contributed by atoms with Crippen molar-refractivity contribution in [3.63, 3.8) is 0 Å². The molecular weight excluding hydrogens is 380 g/mol. The fourth-order valence-corrected chi connectivity index (χ4v) is 3.58. The van der Waals surface area contributed by atoms with Crippen LogP contribution in [0.4, 0.5) is 0 Å². The zero-order chi connectivity index (χ0) is 20.8. The molecule has 30 heavy (non-hydrogen) atoms. The SMILES string of the molecule is COCCC1CN(Cc2nc(-c3cccc(Oc4ccccc4)c3)oc2C)CCO1. The van der Waals surface area contributed by atoms with Crippen LogP contribution in [0.3, 0.4) is 0 Å². The minimum atomic E-state index is 0.206. The molecule has 1 saturated heterocycles. The summed E-state index contributed by atoms with van der Waals surface area (Å²) in [6.45, 7) is 5.95. The summed E-state index contributed by atoms with van der Waals surface area (Å²) in [6, 6.07) is 17.6. The number of morpholine rings is 1. The smallest absolute Gasteiger partial charge is 0.226 e. The standard InChI is InChI=1S/C24H28N2O4/c1-18-23(17-26-12-14-28-22(16-26)11-13-27-2)25-24(29-18)19-7-6-10-21(15-19)30-20-8-4-3-5-9-20/h3-10,15,22H,11-14,16-17H2,1-2H3. The number of oxazole rings is 1. The maximum Gasteiger partial charge on any atom is 0.226 e. The predicted octanol–water partition coefficient (Wildman–Crippen LogP) is 4.68. The van der Waals surface area contributed by atoms with Crippen LogP contribution in [0.1, 0.15) is 17.9 Å². The number of rotatable bonds is 8. The highest BCUT2D eigenvalue weighted by molar-refractivity contribution is 5.57. The Hall–Kier alpha value is -2.67. The molecule has 1 aromatic heterocycles. The van der Waals surface area contributed by atoms with Gasteiger partial charge in [-0.05, 0) is 43.7 Å². The molecule has 6 nitrogen and oxygen atoms in total. The van der Waals surface area contributed by atoms with Crippen molar-refractivity contribution in [2.75, 3.05) is 33.4 Å². The highest BCUT2D eigenvalue weighted by Crippen LogP contribution is 2.28. The Bertz CT molecular complexity index is 941. The minimum Gasteiger partial charge on any atom is -0.457 e. The lowest BCUT2D eigenvalue weighted by atomic mass is 10.2. The van der Waals surface area contributed by atoms with E-state index in [0.717, 1.165) is 61.2 Å². The van der Waals surface area contributed by atoms with Crippen molar-refractivity contribution >= 4 is 0 Å². The van der Waals surface area contributed by atoms with Crippen LogP contribution >= 0.6 is 0 Å². The van der Waals surface area contributed by atoms with Crippen molar-refractivity contribution in [1.82, 2.24) is 9.88 Å². The van der Waals surface area contributed by atoms with E-state index in [4.69, 9.17) is 23.6 Å². The first kappa shape index (κ1) is 20.6. The predicted molar refractivity (Wildman–Crippen MR) is 115 cm³/mol. The zero-order valence-electron chi connectivity index (χ0n) is 17.5. The lowest BCUT2D eigenvalue weighted by molar-refractivity contribution is -0.0436. The molecule has 2 aromatic carbocycles. The maximum atomic E-state index is 5.99. The Morgan fingerprint density at radius 1 is 1.10 bits per heavy atom. The first-order chi connectivity index (χ1) is 14.7. The van der Waals surface area contributed by atoms with Gasteiger partial charge in [0.25, 0.3) is 0 Å². The topological polar surface area (TPSA) is 57.0 Å².